The van der Waals surface area contributed by atoms with Gasteiger partial charge in [0, 0.05) is 19.7 Å². The van der Waals surface area contributed by atoms with Gasteiger partial charge >= 0.3 is 0 Å². The largest absolute Gasteiger partial charge is 0.497 e. The Morgan fingerprint density at radius 3 is 2.70 bits per heavy atom. The highest BCUT2D eigenvalue weighted by Gasteiger charge is 2.23. The highest BCUT2D eigenvalue weighted by molar-refractivity contribution is 5.77. The van der Waals surface area contributed by atoms with E-state index in [1.165, 1.54) is 0 Å². The summed E-state index contributed by atoms with van der Waals surface area (Å²) in [5.74, 6) is 1.58. The third-order valence-electron chi connectivity index (χ3n) is 3.55. The fourth-order valence-corrected chi connectivity index (χ4v) is 2.35. The maximum Gasteiger partial charge on any atom is 0.260 e. The molecule has 1 fully saturated rings. The van der Waals surface area contributed by atoms with Gasteiger partial charge in [0.15, 0.2) is 6.61 Å². The van der Waals surface area contributed by atoms with Crippen molar-refractivity contribution in [2.75, 3.05) is 33.4 Å². The van der Waals surface area contributed by atoms with Crippen molar-refractivity contribution in [3.63, 3.8) is 0 Å². The van der Waals surface area contributed by atoms with Gasteiger partial charge in [-0.1, -0.05) is 0 Å². The number of aliphatic hydroxyl groups is 1. The number of nitrogens with zero attached hydrogens (tertiary/aromatic N) is 1. The average Bonchev–Trinajstić information content (AvgIpc) is 2.53. The highest BCUT2D eigenvalue weighted by atomic mass is 16.5. The van der Waals surface area contributed by atoms with E-state index in [1.807, 2.05) is 0 Å². The van der Waals surface area contributed by atoms with Gasteiger partial charge in [0.25, 0.3) is 5.91 Å². The lowest BCUT2D eigenvalue weighted by molar-refractivity contribution is -0.135. The molecule has 1 aliphatic rings. The van der Waals surface area contributed by atoms with Crippen LogP contribution in [-0.4, -0.2) is 49.3 Å². The molecule has 1 N–H and O–H groups in total. The molecule has 1 aromatic rings. The lowest BCUT2D eigenvalue weighted by atomic mass is 9.99. The molecule has 1 amide bonds. The minimum absolute atomic E-state index is 0.0287. The summed E-state index contributed by atoms with van der Waals surface area (Å²) in [7, 11) is 1.60. The van der Waals surface area contributed by atoms with Crippen molar-refractivity contribution in [3.8, 4) is 11.5 Å². The smallest absolute Gasteiger partial charge is 0.260 e. The van der Waals surface area contributed by atoms with Crippen molar-refractivity contribution in [1.82, 2.24) is 4.90 Å². The lowest BCUT2D eigenvalue weighted by Crippen LogP contribution is -2.43. The zero-order valence-electron chi connectivity index (χ0n) is 11.7. The SMILES string of the molecule is COc1ccc(OCC(=O)N2CCCC(CO)C2)cc1. The first kappa shape index (κ1) is 14.7. The second-order valence-electron chi connectivity index (χ2n) is 4.99. The standard InChI is InChI=1S/C15H21NO4/c1-19-13-4-6-14(7-5-13)20-11-15(18)16-8-2-3-12(9-16)10-17/h4-7,12,17H,2-3,8-11H2,1H3. The molecule has 1 aromatic carbocycles. The van der Waals surface area contributed by atoms with Crippen LogP contribution in [0.1, 0.15) is 12.8 Å². The molecular formula is C15H21NO4. The number of ether oxygens (including phenoxy) is 2. The van der Waals surface area contributed by atoms with Crippen molar-refractivity contribution in [1.29, 1.82) is 0 Å². The Morgan fingerprint density at radius 1 is 1.35 bits per heavy atom. The van der Waals surface area contributed by atoms with E-state index in [0.29, 0.717) is 12.3 Å². The number of hydrogen-bond donors (Lipinski definition) is 1. The van der Waals surface area contributed by atoms with E-state index < -0.39 is 0 Å². The number of piperidine rings is 1. The van der Waals surface area contributed by atoms with E-state index in [-0.39, 0.29) is 25.0 Å². The van der Waals surface area contributed by atoms with Gasteiger partial charge in [-0.15, -0.1) is 0 Å². The summed E-state index contributed by atoms with van der Waals surface area (Å²) in [6.07, 6.45) is 1.93. The molecule has 0 bridgehead atoms. The summed E-state index contributed by atoms with van der Waals surface area (Å²) in [5.41, 5.74) is 0. The van der Waals surface area contributed by atoms with Gasteiger partial charge in [-0.25, -0.2) is 0 Å². The Morgan fingerprint density at radius 2 is 2.05 bits per heavy atom. The summed E-state index contributed by atoms with van der Waals surface area (Å²) < 4.78 is 10.5. The minimum Gasteiger partial charge on any atom is -0.497 e. The molecule has 1 aliphatic heterocycles. The first-order valence-corrected chi connectivity index (χ1v) is 6.88. The number of aliphatic hydroxyl groups excluding tert-OH is 1. The van der Waals surface area contributed by atoms with Gasteiger partial charge in [-0.2, -0.15) is 0 Å². The third-order valence-corrected chi connectivity index (χ3v) is 3.55. The Balaban J connectivity index is 1.81. The van der Waals surface area contributed by atoms with Crippen LogP contribution in [0, 0.1) is 5.92 Å². The van der Waals surface area contributed by atoms with Crippen molar-refractivity contribution in [2.45, 2.75) is 12.8 Å². The number of rotatable bonds is 5. The predicted molar refractivity (Wildman–Crippen MR) is 74.9 cm³/mol. The average molecular weight is 279 g/mol. The molecule has 5 heteroatoms. The lowest BCUT2D eigenvalue weighted by Gasteiger charge is -2.31. The molecular weight excluding hydrogens is 258 g/mol. The van der Waals surface area contributed by atoms with Crippen LogP contribution in [0.4, 0.5) is 0 Å². The minimum atomic E-state index is -0.0287. The molecule has 110 valence electrons. The summed E-state index contributed by atoms with van der Waals surface area (Å²) in [4.78, 5) is 13.8. The quantitative estimate of drug-likeness (QED) is 0.882. The molecule has 1 unspecified atom stereocenters. The summed E-state index contributed by atoms with van der Waals surface area (Å²) in [6.45, 7) is 1.55. The van der Waals surface area contributed by atoms with E-state index in [0.717, 1.165) is 25.1 Å². The van der Waals surface area contributed by atoms with Gasteiger partial charge in [-0.05, 0) is 43.0 Å². The fourth-order valence-electron chi connectivity index (χ4n) is 2.35. The molecule has 0 aromatic heterocycles. The maximum absolute atomic E-state index is 12.1. The topological polar surface area (TPSA) is 59.0 Å². The molecule has 1 heterocycles. The monoisotopic (exact) mass is 279 g/mol. The number of likely N-dealkylation sites (tertiary alicyclic amines) is 1. The second-order valence-corrected chi connectivity index (χ2v) is 4.99. The molecule has 2 rings (SSSR count). The van der Waals surface area contributed by atoms with Crippen LogP contribution in [0.3, 0.4) is 0 Å². The zero-order valence-corrected chi connectivity index (χ0v) is 11.7. The molecule has 0 spiro atoms. The van der Waals surface area contributed by atoms with Crippen molar-refractivity contribution in [2.24, 2.45) is 5.92 Å². The molecule has 5 nitrogen and oxygen atoms in total. The molecule has 1 atom stereocenters. The first-order chi connectivity index (χ1) is 9.72. The summed E-state index contributed by atoms with van der Waals surface area (Å²) in [5, 5.41) is 9.17. The van der Waals surface area contributed by atoms with Gasteiger partial charge in [-0.3, -0.25) is 4.79 Å². The van der Waals surface area contributed by atoms with E-state index in [2.05, 4.69) is 0 Å². The van der Waals surface area contributed by atoms with Gasteiger partial charge < -0.3 is 19.5 Å². The molecule has 1 saturated heterocycles. The summed E-state index contributed by atoms with van der Waals surface area (Å²) in [6, 6.07) is 7.14. The normalized spacial score (nSPS) is 18.7. The maximum atomic E-state index is 12.1. The molecule has 20 heavy (non-hydrogen) atoms. The Bertz CT molecular complexity index is 432. The number of amides is 1. The van der Waals surface area contributed by atoms with Crippen LogP contribution in [0.5, 0.6) is 11.5 Å². The predicted octanol–water partition coefficient (Wildman–Crippen LogP) is 1.30. The van der Waals surface area contributed by atoms with Crippen LogP contribution in [0.25, 0.3) is 0 Å². The summed E-state index contributed by atoms with van der Waals surface area (Å²) >= 11 is 0. The van der Waals surface area contributed by atoms with Crippen LogP contribution in [-0.2, 0) is 4.79 Å². The Hall–Kier alpha value is -1.75. The van der Waals surface area contributed by atoms with E-state index >= 15 is 0 Å². The van der Waals surface area contributed by atoms with Crippen LogP contribution in [0.15, 0.2) is 24.3 Å². The van der Waals surface area contributed by atoms with Crippen LogP contribution in [0.2, 0.25) is 0 Å². The van der Waals surface area contributed by atoms with Crippen LogP contribution >= 0.6 is 0 Å². The van der Waals surface area contributed by atoms with E-state index in [4.69, 9.17) is 14.6 Å². The number of hydrogen-bond acceptors (Lipinski definition) is 4. The van der Waals surface area contributed by atoms with Crippen molar-refractivity contribution < 1.29 is 19.4 Å². The highest BCUT2D eigenvalue weighted by Crippen LogP contribution is 2.18. The number of carbonyl (C=O) groups is 1. The van der Waals surface area contributed by atoms with Gasteiger partial charge in [0.2, 0.25) is 0 Å². The van der Waals surface area contributed by atoms with Gasteiger partial charge in [0.1, 0.15) is 11.5 Å². The first-order valence-electron chi connectivity index (χ1n) is 6.88. The fraction of sp³-hybridized carbons (Fsp3) is 0.533. The van der Waals surface area contributed by atoms with Gasteiger partial charge in [0.05, 0.1) is 7.11 Å². The number of benzene rings is 1. The molecule has 0 saturated carbocycles. The second kappa shape index (κ2) is 7.14. The van der Waals surface area contributed by atoms with Crippen molar-refractivity contribution >= 4 is 5.91 Å². The molecule has 0 aliphatic carbocycles. The number of carbonyl (C=O) groups excluding carboxylic acids is 1. The molecule has 0 radical (unpaired) electrons. The van der Waals surface area contributed by atoms with Crippen LogP contribution < -0.4 is 9.47 Å². The van der Waals surface area contributed by atoms with E-state index in [1.54, 1.807) is 36.3 Å². The Kier molecular flexibility index (Phi) is 5.24. The number of methoxy groups -OCH3 is 1. The van der Waals surface area contributed by atoms with E-state index in [9.17, 15) is 4.79 Å². The Labute approximate surface area is 119 Å². The zero-order chi connectivity index (χ0) is 14.4. The van der Waals surface area contributed by atoms with Crippen molar-refractivity contribution in [3.05, 3.63) is 24.3 Å². The third kappa shape index (κ3) is 3.87.